The second-order valence-electron chi connectivity index (χ2n) is 8.49. The van der Waals surface area contributed by atoms with E-state index in [2.05, 4.69) is 38.8 Å². The van der Waals surface area contributed by atoms with Crippen molar-refractivity contribution in [3.05, 3.63) is 65.5 Å². The van der Waals surface area contributed by atoms with Gasteiger partial charge >= 0.3 is 0 Å². The average molecular weight is 386 g/mol. The number of likely N-dealkylation sites (tertiary alicyclic amines) is 1. The molecule has 1 amide bonds. The Bertz CT molecular complexity index is 1090. The summed E-state index contributed by atoms with van der Waals surface area (Å²) in [6.45, 7) is 6.66. The van der Waals surface area contributed by atoms with Gasteiger partial charge in [0.25, 0.3) is 5.91 Å². The van der Waals surface area contributed by atoms with E-state index in [-0.39, 0.29) is 11.4 Å². The smallest absolute Gasteiger partial charge is 0.254 e. The minimum Gasteiger partial charge on any atom is -0.348 e. The molecule has 0 saturated carbocycles. The molecule has 3 aromatic rings. The van der Waals surface area contributed by atoms with Crippen LogP contribution in [0.25, 0.3) is 10.9 Å². The van der Waals surface area contributed by atoms with E-state index in [0.717, 1.165) is 66.7 Å². The number of para-hydroxylation sites is 1. The van der Waals surface area contributed by atoms with Crippen LogP contribution in [0, 0.1) is 13.8 Å². The maximum atomic E-state index is 13.3. The normalized spacial score (nSPS) is 21.4. The van der Waals surface area contributed by atoms with Gasteiger partial charge in [0, 0.05) is 30.6 Å². The number of aromatic nitrogens is 2. The number of piperidine rings is 1. The second-order valence-corrected chi connectivity index (χ2v) is 8.49. The zero-order valence-electron chi connectivity index (χ0n) is 17.1. The number of hydrogen-bond donors (Lipinski definition) is 0. The quantitative estimate of drug-likeness (QED) is 0.664. The highest BCUT2D eigenvalue weighted by Gasteiger charge is 2.49. The highest BCUT2D eigenvalue weighted by Crippen LogP contribution is 2.43. The monoisotopic (exact) mass is 386 g/mol. The fourth-order valence-electron chi connectivity index (χ4n) is 5.01. The number of hydrogen-bond acceptors (Lipinski definition) is 4. The molecule has 0 aliphatic carbocycles. The van der Waals surface area contributed by atoms with Crippen LogP contribution in [-0.2, 0) is 0 Å². The number of carbonyl (C=O) groups excluding carboxylic acids is 1. The van der Waals surface area contributed by atoms with Crippen LogP contribution in [0.3, 0.4) is 0 Å². The molecule has 2 aromatic carbocycles. The fraction of sp³-hybridized carbons (Fsp3) is 0.375. The van der Waals surface area contributed by atoms with E-state index in [9.17, 15) is 4.79 Å². The lowest BCUT2D eigenvalue weighted by Gasteiger charge is -2.57. The van der Waals surface area contributed by atoms with Gasteiger partial charge in [0.1, 0.15) is 12.1 Å². The Morgan fingerprint density at radius 3 is 2.69 bits per heavy atom. The zero-order valence-corrected chi connectivity index (χ0v) is 17.1. The molecular formula is C24H26N4O. The Morgan fingerprint density at radius 1 is 1.03 bits per heavy atom. The highest BCUT2D eigenvalue weighted by molar-refractivity contribution is 5.96. The van der Waals surface area contributed by atoms with Crippen LogP contribution < -0.4 is 4.90 Å². The molecule has 0 bridgehead atoms. The molecule has 148 valence electrons. The van der Waals surface area contributed by atoms with Crippen molar-refractivity contribution in [2.75, 3.05) is 24.5 Å². The van der Waals surface area contributed by atoms with Crippen LogP contribution in [0.2, 0.25) is 0 Å². The number of aryl methyl sites for hydroxylation is 2. The van der Waals surface area contributed by atoms with E-state index in [1.165, 1.54) is 5.56 Å². The predicted molar refractivity (Wildman–Crippen MR) is 115 cm³/mol. The van der Waals surface area contributed by atoms with Crippen molar-refractivity contribution in [3.8, 4) is 0 Å². The van der Waals surface area contributed by atoms with Crippen LogP contribution in [0.1, 0.15) is 40.7 Å². The number of amides is 1. The van der Waals surface area contributed by atoms with Crippen LogP contribution in [0.15, 0.2) is 48.8 Å². The number of carbonyl (C=O) groups is 1. The Hall–Kier alpha value is -2.95. The molecule has 0 unspecified atom stereocenters. The predicted octanol–water partition coefficient (Wildman–Crippen LogP) is 4.13. The summed E-state index contributed by atoms with van der Waals surface area (Å²) in [5.41, 5.74) is 4.03. The Kier molecular flexibility index (Phi) is 4.26. The lowest BCUT2D eigenvalue weighted by molar-refractivity contribution is 0.0561. The van der Waals surface area contributed by atoms with Gasteiger partial charge in [-0.25, -0.2) is 9.97 Å². The lowest BCUT2D eigenvalue weighted by atomic mass is 9.77. The van der Waals surface area contributed by atoms with Crippen molar-refractivity contribution in [3.63, 3.8) is 0 Å². The minimum atomic E-state index is -0.0103. The standard InChI is InChI=1S/C24H26N4O/c1-17-8-9-19(18(2)14-17)23(29)27-12-5-10-24(15-27)11-13-28(24)22-20-6-3-4-7-21(20)25-16-26-22/h3-4,6-9,14,16H,5,10-13,15H2,1-2H3/t24-/m0/s1. The maximum Gasteiger partial charge on any atom is 0.254 e. The number of nitrogens with zero attached hydrogens (tertiary/aromatic N) is 4. The van der Waals surface area contributed by atoms with Crippen molar-refractivity contribution in [1.82, 2.24) is 14.9 Å². The van der Waals surface area contributed by atoms with Gasteiger partial charge in [-0.15, -0.1) is 0 Å². The second kappa shape index (κ2) is 6.83. The van der Waals surface area contributed by atoms with Crippen molar-refractivity contribution >= 4 is 22.6 Å². The van der Waals surface area contributed by atoms with Crippen LogP contribution in [0.5, 0.6) is 0 Å². The van der Waals surface area contributed by atoms with Gasteiger partial charge in [-0.1, -0.05) is 29.8 Å². The SMILES string of the molecule is Cc1ccc(C(=O)N2CCC[C@]3(CCN3c3ncnc4ccccc34)C2)c(C)c1. The number of benzene rings is 2. The molecular weight excluding hydrogens is 360 g/mol. The topological polar surface area (TPSA) is 49.3 Å². The number of fused-ring (bicyclic) bond motifs is 1. The molecule has 0 radical (unpaired) electrons. The molecule has 3 heterocycles. The molecule has 1 atom stereocenters. The third kappa shape index (κ3) is 2.96. The average Bonchev–Trinajstić information content (AvgIpc) is 2.73. The summed E-state index contributed by atoms with van der Waals surface area (Å²) < 4.78 is 0. The molecule has 5 rings (SSSR count). The molecule has 2 aliphatic rings. The van der Waals surface area contributed by atoms with Gasteiger partial charge in [0.15, 0.2) is 0 Å². The van der Waals surface area contributed by atoms with E-state index >= 15 is 0 Å². The molecule has 0 N–H and O–H groups in total. The van der Waals surface area contributed by atoms with E-state index in [4.69, 9.17) is 0 Å². The summed E-state index contributed by atoms with van der Waals surface area (Å²) in [5.74, 6) is 1.16. The Labute approximate surface area is 171 Å². The summed E-state index contributed by atoms with van der Waals surface area (Å²) in [6, 6.07) is 14.3. The molecule has 29 heavy (non-hydrogen) atoms. The van der Waals surface area contributed by atoms with Gasteiger partial charge in [-0.05, 0) is 56.9 Å². The van der Waals surface area contributed by atoms with Gasteiger partial charge < -0.3 is 9.80 Å². The van der Waals surface area contributed by atoms with Crippen molar-refractivity contribution in [2.45, 2.75) is 38.6 Å². The van der Waals surface area contributed by atoms with Crippen molar-refractivity contribution < 1.29 is 4.79 Å². The van der Waals surface area contributed by atoms with Crippen LogP contribution >= 0.6 is 0 Å². The largest absolute Gasteiger partial charge is 0.348 e. The Morgan fingerprint density at radius 2 is 1.90 bits per heavy atom. The summed E-state index contributed by atoms with van der Waals surface area (Å²) >= 11 is 0. The first-order valence-electron chi connectivity index (χ1n) is 10.4. The van der Waals surface area contributed by atoms with Gasteiger partial charge in [0.05, 0.1) is 11.1 Å². The van der Waals surface area contributed by atoms with Crippen molar-refractivity contribution in [2.24, 2.45) is 0 Å². The van der Waals surface area contributed by atoms with Gasteiger partial charge in [-0.2, -0.15) is 0 Å². The molecule has 2 saturated heterocycles. The summed E-state index contributed by atoms with van der Waals surface area (Å²) in [7, 11) is 0. The first-order valence-corrected chi connectivity index (χ1v) is 10.4. The first-order chi connectivity index (χ1) is 14.1. The van der Waals surface area contributed by atoms with Gasteiger partial charge in [-0.3, -0.25) is 4.79 Å². The molecule has 5 heteroatoms. The van der Waals surface area contributed by atoms with Crippen LogP contribution in [0.4, 0.5) is 5.82 Å². The van der Waals surface area contributed by atoms with E-state index in [1.54, 1.807) is 6.33 Å². The third-order valence-electron chi connectivity index (χ3n) is 6.61. The molecule has 1 spiro atoms. The minimum absolute atomic E-state index is 0.0103. The number of rotatable bonds is 2. The van der Waals surface area contributed by atoms with E-state index < -0.39 is 0 Å². The highest BCUT2D eigenvalue weighted by atomic mass is 16.2. The zero-order chi connectivity index (χ0) is 20.0. The molecule has 5 nitrogen and oxygen atoms in total. The van der Waals surface area contributed by atoms with Gasteiger partial charge in [0.2, 0.25) is 0 Å². The molecule has 2 aliphatic heterocycles. The maximum absolute atomic E-state index is 13.3. The summed E-state index contributed by atoms with van der Waals surface area (Å²) in [6.07, 6.45) is 4.88. The van der Waals surface area contributed by atoms with E-state index in [1.807, 2.05) is 37.3 Å². The first kappa shape index (κ1) is 18.1. The fourth-order valence-corrected chi connectivity index (χ4v) is 5.01. The van der Waals surface area contributed by atoms with Crippen LogP contribution in [-0.4, -0.2) is 45.9 Å². The summed E-state index contributed by atoms with van der Waals surface area (Å²) in [5, 5.41) is 1.09. The van der Waals surface area contributed by atoms with E-state index in [0.29, 0.717) is 0 Å². The van der Waals surface area contributed by atoms with Crippen molar-refractivity contribution in [1.29, 1.82) is 0 Å². The Balaban J connectivity index is 1.44. The molecule has 1 aromatic heterocycles. The third-order valence-corrected chi connectivity index (χ3v) is 6.61. The summed E-state index contributed by atoms with van der Waals surface area (Å²) in [4.78, 5) is 26.8. The number of anilines is 1. The lowest BCUT2D eigenvalue weighted by Crippen LogP contribution is -2.68. The molecule has 2 fully saturated rings.